The average molecular weight is 347 g/mol. The maximum absolute atomic E-state index is 12.0. The first-order valence-electron chi connectivity index (χ1n) is 7.86. The molecule has 0 spiro atoms. The standard InChI is InChI=1S/C20H17N3OS/c24-19(17-7-4-12-21-14-17)23-20(25)22-18-10-8-16(9-11-18)13-15-5-2-1-3-6-15/h1-12,14H,13H2,(H2,22,23,24,25). The van der Waals surface area contributed by atoms with Gasteiger partial charge < -0.3 is 5.32 Å². The van der Waals surface area contributed by atoms with Crippen molar-refractivity contribution in [1.29, 1.82) is 0 Å². The minimum atomic E-state index is -0.286. The molecule has 0 saturated heterocycles. The van der Waals surface area contributed by atoms with Crippen molar-refractivity contribution in [3.05, 3.63) is 95.8 Å². The smallest absolute Gasteiger partial charge is 0.258 e. The first kappa shape index (κ1) is 16.8. The first-order valence-corrected chi connectivity index (χ1v) is 8.27. The second-order valence-corrected chi connectivity index (χ2v) is 5.92. The van der Waals surface area contributed by atoms with E-state index in [1.165, 1.54) is 17.3 Å². The van der Waals surface area contributed by atoms with Crippen molar-refractivity contribution < 1.29 is 4.79 Å². The van der Waals surface area contributed by atoms with Crippen LogP contribution >= 0.6 is 12.2 Å². The summed E-state index contributed by atoms with van der Waals surface area (Å²) >= 11 is 5.19. The molecule has 0 fully saturated rings. The molecule has 0 aliphatic heterocycles. The van der Waals surface area contributed by atoms with Crippen LogP contribution in [0.2, 0.25) is 0 Å². The number of carbonyl (C=O) groups is 1. The molecule has 124 valence electrons. The van der Waals surface area contributed by atoms with Gasteiger partial charge in [-0.15, -0.1) is 0 Å². The highest BCUT2D eigenvalue weighted by Gasteiger charge is 2.07. The summed E-state index contributed by atoms with van der Waals surface area (Å²) < 4.78 is 0. The number of thiocarbonyl (C=S) groups is 1. The third-order valence-electron chi connectivity index (χ3n) is 3.61. The van der Waals surface area contributed by atoms with Gasteiger partial charge >= 0.3 is 0 Å². The Morgan fingerprint density at radius 3 is 2.32 bits per heavy atom. The van der Waals surface area contributed by atoms with Gasteiger partial charge in [-0.2, -0.15) is 0 Å². The summed E-state index contributed by atoms with van der Waals surface area (Å²) in [4.78, 5) is 15.9. The summed E-state index contributed by atoms with van der Waals surface area (Å²) in [7, 11) is 0. The maximum atomic E-state index is 12.0. The van der Waals surface area contributed by atoms with Crippen molar-refractivity contribution in [3.8, 4) is 0 Å². The molecule has 0 bridgehead atoms. The second-order valence-electron chi connectivity index (χ2n) is 5.51. The van der Waals surface area contributed by atoms with Crippen molar-refractivity contribution in [2.24, 2.45) is 0 Å². The number of nitrogens with zero attached hydrogens (tertiary/aromatic N) is 1. The zero-order chi connectivity index (χ0) is 17.5. The van der Waals surface area contributed by atoms with E-state index in [0.717, 1.165) is 12.1 Å². The molecule has 3 aromatic rings. The number of hydrogen-bond donors (Lipinski definition) is 2. The minimum absolute atomic E-state index is 0.254. The van der Waals surface area contributed by atoms with Crippen LogP contribution in [0.25, 0.3) is 0 Å². The SMILES string of the molecule is O=C(NC(=S)Nc1ccc(Cc2ccccc2)cc1)c1cccnc1. The van der Waals surface area contributed by atoms with Crippen LogP contribution in [0.4, 0.5) is 5.69 Å². The number of benzene rings is 2. The second kappa shape index (κ2) is 8.17. The number of anilines is 1. The van der Waals surface area contributed by atoms with Crippen molar-refractivity contribution in [2.75, 3.05) is 5.32 Å². The first-order chi connectivity index (χ1) is 12.2. The minimum Gasteiger partial charge on any atom is -0.332 e. The molecule has 4 nitrogen and oxygen atoms in total. The zero-order valence-electron chi connectivity index (χ0n) is 13.5. The van der Waals surface area contributed by atoms with E-state index in [2.05, 4.69) is 27.8 Å². The van der Waals surface area contributed by atoms with Crippen LogP contribution in [-0.4, -0.2) is 16.0 Å². The zero-order valence-corrected chi connectivity index (χ0v) is 14.3. The topological polar surface area (TPSA) is 54.0 Å². The molecule has 0 radical (unpaired) electrons. The quantitative estimate of drug-likeness (QED) is 0.705. The lowest BCUT2D eigenvalue weighted by Gasteiger charge is -2.10. The normalized spacial score (nSPS) is 10.1. The van der Waals surface area contributed by atoms with Gasteiger partial charge in [-0.05, 0) is 54.0 Å². The lowest BCUT2D eigenvalue weighted by atomic mass is 10.1. The number of hydrogen-bond acceptors (Lipinski definition) is 3. The molecule has 3 rings (SSSR count). The van der Waals surface area contributed by atoms with Gasteiger partial charge in [0.05, 0.1) is 5.56 Å². The largest absolute Gasteiger partial charge is 0.332 e. The molecule has 25 heavy (non-hydrogen) atoms. The highest BCUT2D eigenvalue weighted by atomic mass is 32.1. The van der Waals surface area contributed by atoms with Crippen LogP contribution in [0.5, 0.6) is 0 Å². The number of aromatic nitrogens is 1. The lowest BCUT2D eigenvalue weighted by Crippen LogP contribution is -2.34. The Labute approximate surface area is 151 Å². The van der Waals surface area contributed by atoms with Crippen LogP contribution in [0, 0.1) is 0 Å². The van der Waals surface area contributed by atoms with Gasteiger partial charge in [-0.25, -0.2) is 0 Å². The summed E-state index contributed by atoms with van der Waals surface area (Å²) in [5.74, 6) is -0.286. The van der Waals surface area contributed by atoms with Crippen LogP contribution in [-0.2, 0) is 6.42 Å². The molecule has 0 aliphatic carbocycles. The summed E-state index contributed by atoms with van der Waals surface area (Å²) in [6.07, 6.45) is 3.99. The van der Waals surface area contributed by atoms with Crippen LogP contribution in [0.3, 0.4) is 0 Å². The summed E-state index contributed by atoms with van der Waals surface area (Å²) in [5.41, 5.74) is 3.77. The molecule has 1 amide bonds. The van der Waals surface area contributed by atoms with Gasteiger partial charge in [0.2, 0.25) is 0 Å². The highest BCUT2D eigenvalue weighted by molar-refractivity contribution is 7.80. The molecule has 2 N–H and O–H groups in total. The van der Waals surface area contributed by atoms with Crippen LogP contribution < -0.4 is 10.6 Å². The van der Waals surface area contributed by atoms with Gasteiger partial charge in [0.25, 0.3) is 5.91 Å². The molecule has 0 aliphatic rings. The third-order valence-corrected chi connectivity index (χ3v) is 3.82. The molecule has 0 unspecified atom stereocenters. The molecular weight excluding hydrogens is 330 g/mol. The van der Waals surface area contributed by atoms with E-state index in [0.29, 0.717) is 5.56 Å². The van der Waals surface area contributed by atoms with Crippen LogP contribution in [0.1, 0.15) is 21.5 Å². The van der Waals surface area contributed by atoms with Crippen LogP contribution in [0.15, 0.2) is 79.1 Å². The van der Waals surface area contributed by atoms with Gasteiger partial charge in [-0.3, -0.25) is 15.1 Å². The lowest BCUT2D eigenvalue weighted by molar-refractivity contribution is 0.0977. The summed E-state index contributed by atoms with van der Waals surface area (Å²) in [6.45, 7) is 0. The number of nitrogens with one attached hydrogen (secondary N) is 2. The van der Waals surface area contributed by atoms with Gasteiger partial charge in [0.15, 0.2) is 5.11 Å². The Balaban J connectivity index is 1.56. The van der Waals surface area contributed by atoms with Crippen molar-refractivity contribution in [2.45, 2.75) is 6.42 Å². The number of rotatable bonds is 4. The van der Waals surface area contributed by atoms with Gasteiger partial charge in [-0.1, -0.05) is 42.5 Å². The van der Waals surface area contributed by atoms with E-state index in [1.54, 1.807) is 18.3 Å². The number of carbonyl (C=O) groups excluding carboxylic acids is 1. The van der Waals surface area contributed by atoms with Gasteiger partial charge in [0.1, 0.15) is 0 Å². The fourth-order valence-electron chi connectivity index (χ4n) is 2.37. The van der Waals surface area contributed by atoms with Crippen molar-refractivity contribution in [3.63, 3.8) is 0 Å². The van der Waals surface area contributed by atoms with E-state index in [4.69, 9.17) is 12.2 Å². The Kier molecular flexibility index (Phi) is 5.49. The summed E-state index contributed by atoms with van der Waals surface area (Å²) in [5, 5.41) is 5.91. The fraction of sp³-hybridized carbons (Fsp3) is 0.0500. The predicted molar refractivity (Wildman–Crippen MR) is 104 cm³/mol. The maximum Gasteiger partial charge on any atom is 0.258 e. The Bertz CT molecular complexity index is 849. The van der Waals surface area contributed by atoms with Gasteiger partial charge in [0, 0.05) is 18.1 Å². The van der Waals surface area contributed by atoms with Crippen molar-refractivity contribution >= 4 is 28.9 Å². The molecule has 0 saturated carbocycles. The van der Waals surface area contributed by atoms with E-state index in [9.17, 15) is 4.79 Å². The highest BCUT2D eigenvalue weighted by Crippen LogP contribution is 2.13. The average Bonchev–Trinajstić information content (AvgIpc) is 2.65. The fourth-order valence-corrected chi connectivity index (χ4v) is 2.58. The molecule has 1 aromatic heterocycles. The monoisotopic (exact) mass is 347 g/mol. The molecule has 0 atom stereocenters. The predicted octanol–water partition coefficient (Wildman–Crippen LogP) is 3.80. The molecule has 1 heterocycles. The Hall–Kier alpha value is -3.05. The molecular formula is C20H17N3OS. The van der Waals surface area contributed by atoms with E-state index in [-0.39, 0.29) is 11.0 Å². The molecule has 5 heteroatoms. The Morgan fingerprint density at radius 1 is 0.920 bits per heavy atom. The van der Waals surface area contributed by atoms with E-state index in [1.807, 2.05) is 42.5 Å². The Morgan fingerprint density at radius 2 is 1.64 bits per heavy atom. The van der Waals surface area contributed by atoms with E-state index < -0.39 is 0 Å². The van der Waals surface area contributed by atoms with Crippen molar-refractivity contribution in [1.82, 2.24) is 10.3 Å². The van der Waals surface area contributed by atoms with E-state index >= 15 is 0 Å². The summed E-state index contributed by atoms with van der Waals surface area (Å²) in [6, 6.07) is 21.7. The number of amides is 1. The molecule has 2 aromatic carbocycles. The number of pyridine rings is 1. The third kappa shape index (κ3) is 4.96.